The summed E-state index contributed by atoms with van der Waals surface area (Å²) < 4.78 is 5.51. The number of aliphatic hydroxyl groups excluding tert-OH is 1. The number of rotatable bonds is 7. The van der Waals surface area contributed by atoms with Crippen LogP contribution in [0, 0.1) is 11.8 Å². The van der Waals surface area contributed by atoms with E-state index < -0.39 is 29.7 Å². The lowest BCUT2D eigenvalue weighted by molar-refractivity contribution is -0.143. The molecular formula is C28H33N3O5. The van der Waals surface area contributed by atoms with Crippen molar-refractivity contribution in [1.82, 2.24) is 15.1 Å². The number of benzene rings is 2. The molecule has 2 aromatic rings. The number of aliphatic hydroxyl groups is 1. The molecule has 2 aromatic carbocycles. The molecule has 1 atom stereocenters. The number of nitrogens with one attached hydrogen (secondary N) is 1. The summed E-state index contributed by atoms with van der Waals surface area (Å²) in [7, 11) is 2.74. The molecule has 0 spiro atoms. The van der Waals surface area contributed by atoms with Crippen molar-refractivity contribution in [1.29, 1.82) is 0 Å². The summed E-state index contributed by atoms with van der Waals surface area (Å²) >= 11 is 0. The Morgan fingerprint density at radius 1 is 1.03 bits per heavy atom. The van der Waals surface area contributed by atoms with Crippen molar-refractivity contribution in [3.05, 3.63) is 70.8 Å². The zero-order chi connectivity index (χ0) is 26.1. The van der Waals surface area contributed by atoms with E-state index in [1.54, 1.807) is 24.3 Å². The molecule has 1 saturated heterocycles. The van der Waals surface area contributed by atoms with Gasteiger partial charge in [0.05, 0.1) is 6.61 Å². The largest absolute Gasteiger partial charge is 0.388 e. The van der Waals surface area contributed by atoms with Gasteiger partial charge in [0.25, 0.3) is 11.8 Å². The fraction of sp³-hybridized carbons (Fsp3) is 0.393. The third-order valence-corrected chi connectivity index (χ3v) is 6.49. The van der Waals surface area contributed by atoms with Crippen molar-refractivity contribution in [2.45, 2.75) is 25.4 Å². The molecule has 1 aliphatic heterocycles. The molecule has 2 N–H and O–H groups in total. The third-order valence-electron chi connectivity index (χ3n) is 6.49. The van der Waals surface area contributed by atoms with Gasteiger partial charge in [-0.05, 0) is 55.3 Å². The van der Waals surface area contributed by atoms with Crippen LogP contribution in [0.3, 0.4) is 0 Å². The van der Waals surface area contributed by atoms with Crippen LogP contribution in [0.2, 0.25) is 0 Å². The highest BCUT2D eigenvalue weighted by atomic mass is 16.5. The first kappa shape index (κ1) is 27.1. The molecular weight excluding hydrogens is 458 g/mol. The number of hydrogen-bond acceptors (Lipinski definition) is 6. The summed E-state index contributed by atoms with van der Waals surface area (Å²) in [5.41, 5.74) is 1.32. The first-order chi connectivity index (χ1) is 17.3. The average Bonchev–Trinajstić information content (AvgIpc) is 3.19. The van der Waals surface area contributed by atoms with Gasteiger partial charge in [-0.15, -0.1) is 0 Å². The van der Waals surface area contributed by atoms with Gasteiger partial charge in [-0.3, -0.25) is 19.3 Å². The minimum Gasteiger partial charge on any atom is -0.388 e. The van der Waals surface area contributed by atoms with Gasteiger partial charge in [-0.1, -0.05) is 24.0 Å². The van der Waals surface area contributed by atoms with Gasteiger partial charge in [0, 0.05) is 57.0 Å². The highest BCUT2D eigenvalue weighted by Gasteiger charge is 2.46. The molecule has 0 saturated carbocycles. The second-order valence-corrected chi connectivity index (χ2v) is 8.86. The van der Waals surface area contributed by atoms with E-state index in [0.717, 1.165) is 55.3 Å². The lowest BCUT2D eigenvalue weighted by Crippen LogP contribution is -2.62. The van der Waals surface area contributed by atoms with Gasteiger partial charge in [-0.25, -0.2) is 0 Å². The average molecular weight is 492 g/mol. The van der Waals surface area contributed by atoms with Crippen LogP contribution in [0.15, 0.2) is 48.5 Å². The molecule has 3 rings (SSSR count). The van der Waals surface area contributed by atoms with E-state index in [4.69, 9.17) is 4.74 Å². The van der Waals surface area contributed by atoms with Crippen LogP contribution in [0.4, 0.5) is 0 Å². The maximum Gasteiger partial charge on any atom is 0.254 e. The third kappa shape index (κ3) is 6.38. The molecule has 1 aliphatic rings. The smallest absolute Gasteiger partial charge is 0.254 e. The molecule has 36 heavy (non-hydrogen) atoms. The molecule has 0 unspecified atom stereocenters. The minimum atomic E-state index is -1.83. The fourth-order valence-electron chi connectivity index (χ4n) is 4.01. The molecule has 0 aliphatic carbocycles. The molecule has 2 amide bonds. The highest BCUT2D eigenvalue weighted by Crippen LogP contribution is 2.19. The summed E-state index contributed by atoms with van der Waals surface area (Å²) in [4.78, 5) is 41.1. The molecule has 1 heterocycles. The van der Waals surface area contributed by atoms with Crippen molar-refractivity contribution in [3.8, 4) is 11.8 Å². The molecule has 8 heteroatoms. The summed E-state index contributed by atoms with van der Waals surface area (Å²) in [6.07, 6.45) is 1.05. The number of Topliss-reactive ketones (excluding diaryl/α,β-unsaturated/α-hetero) is 1. The number of amides is 2. The van der Waals surface area contributed by atoms with Crippen LogP contribution in [0.1, 0.15) is 40.4 Å². The second kappa shape index (κ2) is 12.5. The Hall–Kier alpha value is -3.51. The number of hydrogen-bond donors (Lipinski definition) is 2. The number of ketones is 1. The molecule has 1 fully saturated rings. The van der Waals surface area contributed by atoms with Crippen LogP contribution < -0.4 is 5.32 Å². The minimum absolute atomic E-state index is 0.298. The Balaban J connectivity index is 1.66. The topological polar surface area (TPSA) is 99.2 Å². The number of carbonyl (C=O) groups is 3. The number of likely N-dealkylation sites (N-methyl/N-ethyl adjacent to an activating group) is 2. The number of nitrogens with zero attached hydrogens (tertiary/aromatic N) is 2. The van der Waals surface area contributed by atoms with Gasteiger partial charge < -0.3 is 20.1 Å². The molecule has 0 radical (unpaired) electrons. The fourth-order valence-corrected chi connectivity index (χ4v) is 4.01. The highest BCUT2D eigenvalue weighted by molar-refractivity contribution is 6.14. The lowest BCUT2D eigenvalue weighted by Gasteiger charge is -2.35. The van der Waals surface area contributed by atoms with E-state index in [9.17, 15) is 19.5 Å². The second-order valence-electron chi connectivity index (χ2n) is 8.86. The molecule has 190 valence electrons. The lowest BCUT2D eigenvalue weighted by atomic mass is 9.92. The first-order valence-electron chi connectivity index (χ1n) is 11.9. The van der Waals surface area contributed by atoms with Crippen molar-refractivity contribution < 1.29 is 24.2 Å². The maximum atomic E-state index is 13.0. The summed E-state index contributed by atoms with van der Waals surface area (Å²) in [5, 5.41) is 11.7. The molecule has 8 nitrogen and oxygen atoms in total. The summed E-state index contributed by atoms with van der Waals surface area (Å²) in [6.45, 7) is 4.94. The van der Waals surface area contributed by atoms with E-state index in [1.807, 2.05) is 12.1 Å². The van der Waals surface area contributed by atoms with Crippen molar-refractivity contribution >= 4 is 17.6 Å². The van der Waals surface area contributed by atoms with Gasteiger partial charge in [0.1, 0.15) is 6.61 Å². The predicted molar refractivity (Wildman–Crippen MR) is 136 cm³/mol. The van der Waals surface area contributed by atoms with Crippen LogP contribution in [-0.2, 0) is 20.9 Å². The Morgan fingerprint density at radius 2 is 1.64 bits per heavy atom. The Labute approximate surface area is 212 Å². The zero-order valence-corrected chi connectivity index (χ0v) is 21.0. The Kier molecular flexibility index (Phi) is 9.37. The molecule has 0 bridgehead atoms. The van der Waals surface area contributed by atoms with Gasteiger partial charge in [-0.2, -0.15) is 0 Å². The summed E-state index contributed by atoms with van der Waals surface area (Å²) in [5.74, 6) is 4.27. The Morgan fingerprint density at radius 3 is 2.22 bits per heavy atom. The zero-order valence-electron chi connectivity index (χ0n) is 21.0. The standard InChI is InChI=1S/C28H33N3O5/c1-28(25(33)20-32,27(35)29-2)30(3)26(34)24-13-11-22(12-14-24)6-5-21-7-9-23(10-8-21)19-31-15-4-17-36-18-16-31/h7-14,32H,4,15-20H2,1-3H3,(H,29,35)/t28-/m1/s1. The predicted octanol–water partition coefficient (Wildman–Crippen LogP) is 1.45. The van der Waals surface area contributed by atoms with E-state index >= 15 is 0 Å². The van der Waals surface area contributed by atoms with Crippen LogP contribution in [0.5, 0.6) is 0 Å². The van der Waals surface area contributed by atoms with Gasteiger partial charge in [0.15, 0.2) is 11.3 Å². The monoisotopic (exact) mass is 491 g/mol. The van der Waals surface area contributed by atoms with E-state index in [2.05, 4.69) is 34.2 Å². The van der Waals surface area contributed by atoms with E-state index in [0.29, 0.717) is 5.56 Å². The quantitative estimate of drug-likeness (QED) is 0.449. The molecule has 0 aromatic heterocycles. The normalized spacial score (nSPS) is 15.6. The number of carbonyl (C=O) groups excluding carboxylic acids is 3. The van der Waals surface area contributed by atoms with Crippen molar-refractivity contribution in [2.24, 2.45) is 0 Å². The SMILES string of the molecule is CNC(=O)[C@@](C)(C(=O)CO)N(C)C(=O)c1ccc(C#Cc2ccc(CN3CCCOCC3)cc2)cc1. The van der Waals surface area contributed by atoms with Crippen molar-refractivity contribution in [2.75, 3.05) is 47.0 Å². The van der Waals surface area contributed by atoms with Crippen LogP contribution in [0.25, 0.3) is 0 Å². The van der Waals surface area contributed by atoms with Gasteiger partial charge in [0.2, 0.25) is 0 Å². The van der Waals surface area contributed by atoms with Gasteiger partial charge >= 0.3 is 0 Å². The van der Waals surface area contributed by atoms with Crippen molar-refractivity contribution in [3.63, 3.8) is 0 Å². The maximum absolute atomic E-state index is 13.0. The van der Waals surface area contributed by atoms with E-state index in [1.165, 1.54) is 26.6 Å². The van der Waals surface area contributed by atoms with Crippen LogP contribution in [-0.4, -0.2) is 85.0 Å². The van der Waals surface area contributed by atoms with Crippen LogP contribution >= 0.6 is 0 Å². The summed E-state index contributed by atoms with van der Waals surface area (Å²) in [6, 6.07) is 14.8. The first-order valence-corrected chi connectivity index (χ1v) is 11.9. The van der Waals surface area contributed by atoms with E-state index in [-0.39, 0.29) is 0 Å². The Bertz CT molecular complexity index is 1110. The number of ether oxygens (including phenoxy) is 1.